The van der Waals surface area contributed by atoms with Crippen LogP contribution in [0, 0.1) is 5.92 Å². The van der Waals surface area contributed by atoms with E-state index >= 15 is 0 Å². The molecule has 25 heavy (non-hydrogen) atoms. The zero-order valence-electron chi connectivity index (χ0n) is 14.0. The van der Waals surface area contributed by atoms with E-state index in [1.807, 2.05) is 13.8 Å². The van der Waals surface area contributed by atoms with Gasteiger partial charge < -0.3 is 15.3 Å². The van der Waals surface area contributed by atoms with Crippen LogP contribution in [0.4, 0.5) is 13.2 Å². The van der Waals surface area contributed by atoms with E-state index in [4.69, 9.17) is 0 Å². The van der Waals surface area contributed by atoms with Crippen molar-refractivity contribution in [3.8, 4) is 0 Å². The summed E-state index contributed by atoms with van der Waals surface area (Å²) in [4.78, 5) is 25.8. The van der Waals surface area contributed by atoms with E-state index in [1.165, 1.54) is 11.0 Å². The van der Waals surface area contributed by atoms with Gasteiger partial charge in [0.05, 0.1) is 18.2 Å². The van der Waals surface area contributed by atoms with Crippen LogP contribution in [0.2, 0.25) is 0 Å². The van der Waals surface area contributed by atoms with Crippen LogP contribution >= 0.6 is 0 Å². The minimum absolute atomic E-state index is 0.118. The number of carbonyl (C=O) groups is 2. The van der Waals surface area contributed by atoms with Crippen LogP contribution in [0.25, 0.3) is 0 Å². The molecular formula is C17H21F3N2O3. The third-order valence-electron chi connectivity index (χ3n) is 4.26. The summed E-state index contributed by atoms with van der Waals surface area (Å²) in [6.07, 6.45) is -4.66. The number of carbonyl (C=O) groups excluding carboxylic acids is 2. The van der Waals surface area contributed by atoms with Gasteiger partial charge in [-0.05, 0) is 30.5 Å². The summed E-state index contributed by atoms with van der Waals surface area (Å²) >= 11 is 0. The fourth-order valence-corrected chi connectivity index (χ4v) is 2.96. The second-order valence-electron chi connectivity index (χ2n) is 6.51. The molecule has 2 amide bonds. The molecule has 1 aromatic rings. The molecule has 2 rings (SSSR count). The van der Waals surface area contributed by atoms with Crippen LogP contribution in [0.3, 0.4) is 0 Å². The highest BCUT2D eigenvalue weighted by Crippen LogP contribution is 2.29. The number of hydrogen-bond acceptors (Lipinski definition) is 3. The number of amides is 2. The van der Waals surface area contributed by atoms with Gasteiger partial charge in [0.2, 0.25) is 5.91 Å². The number of nitrogens with one attached hydrogen (secondary N) is 1. The number of alkyl halides is 3. The molecule has 1 saturated heterocycles. The minimum atomic E-state index is -4.54. The first-order chi connectivity index (χ1) is 11.6. The number of benzene rings is 1. The quantitative estimate of drug-likeness (QED) is 0.866. The van der Waals surface area contributed by atoms with E-state index in [1.54, 1.807) is 0 Å². The molecule has 8 heteroatoms. The van der Waals surface area contributed by atoms with E-state index in [9.17, 15) is 27.9 Å². The van der Waals surface area contributed by atoms with Crippen molar-refractivity contribution in [3.63, 3.8) is 0 Å². The van der Waals surface area contributed by atoms with Gasteiger partial charge in [0.25, 0.3) is 5.91 Å². The van der Waals surface area contributed by atoms with E-state index in [-0.39, 0.29) is 36.5 Å². The Morgan fingerprint density at radius 2 is 2.04 bits per heavy atom. The lowest BCUT2D eigenvalue weighted by molar-refractivity contribution is -0.137. The lowest BCUT2D eigenvalue weighted by atomic mass is 10.0. The first-order valence-corrected chi connectivity index (χ1v) is 8.02. The van der Waals surface area contributed by atoms with Gasteiger partial charge in [0.1, 0.15) is 0 Å². The molecule has 0 aliphatic carbocycles. The first-order valence-electron chi connectivity index (χ1n) is 8.02. The monoisotopic (exact) mass is 358 g/mol. The standard InChI is InChI=1S/C17H21F3N2O3/c1-10(2)14-7-13(23)9-22(14)15(24)8-21-16(25)11-4-3-5-12(6-11)17(18,19)20/h3-6,10,13-14,23H,7-9H2,1-2H3,(H,21,25)/t13-,14+/m1/s1. The molecule has 1 aliphatic rings. The molecule has 0 saturated carbocycles. The minimum Gasteiger partial charge on any atom is -0.391 e. The number of likely N-dealkylation sites (tertiary alicyclic amines) is 1. The number of hydrogen-bond donors (Lipinski definition) is 2. The van der Waals surface area contributed by atoms with E-state index in [0.29, 0.717) is 6.42 Å². The zero-order chi connectivity index (χ0) is 18.8. The Morgan fingerprint density at radius 1 is 1.36 bits per heavy atom. The fourth-order valence-electron chi connectivity index (χ4n) is 2.96. The highest BCUT2D eigenvalue weighted by Gasteiger charge is 2.36. The lowest BCUT2D eigenvalue weighted by Gasteiger charge is -2.27. The average molecular weight is 358 g/mol. The van der Waals surface area contributed by atoms with Crippen molar-refractivity contribution in [2.24, 2.45) is 5.92 Å². The van der Waals surface area contributed by atoms with Crippen molar-refractivity contribution in [2.45, 2.75) is 38.6 Å². The molecule has 0 spiro atoms. The van der Waals surface area contributed by atoms with Gasteiger partial charge in [-0.15, -0.1) is 0 Å². The lowest BCUT2D eigenvalue weighted by Crippen LogP contribution is -2.44. The highest BCUT2D eigenvalue weighted by molar-refractivity contribution is 5.96. The smallest absolute Gasteiger partial charge is 0.391 e. The average Bonchev–Trinajstić information content (AvgIpc) is 2.94. The molecule has 1 heterocycles. The van der Waals surface area contributed by atoms with Crippen molar-refractivity contribution in [2.75, 3.05) is 13.1 Å². The number of halogens is 3. The van der Waals surface area contributed by atoms with Crippen molar-refractivity contribution in [1.82, 2.24) is 10.2 Å². The van der Waals surface area contributed by atoms with Gasteiger partial charge in [-0.1, -0.05) is 19.9 Å². The summed E-state index contributed by atoms with van der Waals surface area (Å²) in [5.41, 5.74) is -1.08. The van der Waals surface area contributed by atoms with E-state index in [2.05, 4.69) is 5.32 Å². The molecule has 0 bridgehead atoms. The molecule has 1 fully saturated rings. The number of β-amino-alcohol motifs (C(OH)–C–C–N with tert-alkyl or cyclic N) is 1. The summed E-state index contributed by atoms with van der Waals surface area (Å²) in [6, 6.07) is 3.90. The molecule has 0 aromatic heterocycles. The number of nitrogens with zero attached hydrogens (tertiary/aromatic N) is 1. The highest BCUT2D eigenvalue weighted by atomic mass is 19.4. The van der Waals surface area contributed by atoms with Crippen LogP contribution in [0.5, 0.6) is 0 Å². The normalized spacial score (nSPS) is 20.8. The summed E-state index contributed by atoms with van der Waals surface area (Å²) in [6.45, 7) is 3.74. The first kappa shape index (κ1) is 19.2. The maximum Gasteiger partial charge on any atom is 0.416 e. The maximum atomic E-state index is 12.7. The van der Waals surface area contributed by atoms with Gasteiger partial charge in [-0.2, -0.15) is 13.2 Å². The molecule has 2 atom stereocenters. The van der Waals surface area contributed by atoms with Crippen LogP contribution in [0.15, 0.2) is 24.3 Å². The van der Waals surface area contributed by atoms with Crippen molar-refractivity contribution >= 4 is 11.8 Å². The van der Waals surface area contributed by atoms with Crippen LogP contribution in [-0.2, 0) is 11.0 Å². The van der Waals surface area contributed by atoms with Crippen LogP contribution in [-0.4, -0.2) is 47.1 Å². The summed E-state index contributed by atoms with van der Waals surface area (Å²) in [5, 5.41) is 12.1. The molecule has 1 aromatic carbocycles. The third kappa shape index (κ3) is 4.72. The SMILES string of the molecule is CC(C)[C@@H]1C[C@@H](O)CN1C(=O)CNC(=O)c1cccc(C(F)(F)F)c1. The molecule has 5 nitrogen and oxygen atoms in total. The Morgan fingerprint density at radius 3 is 2.64 bits per heavy atom. The Bertz CT molecular complexity index is 646. The molecule has 0 unspecified atom stereocenters. The third-order valence-corrected chi connectivity index (χ3v) is 4.26. The Balaban J connectivity index is 1.99. The Hall–Kier alpha value is -2.09. The Labute approximate surface area is 143 Å². The zero-order valence-corrected chi connectivity index (χ0v) is 14.0. The second-order valence-corrected chi connectivity index (χ2v) is 6.51. The largest absolute Gasteiger partial charge is 0.416 e. The van der Waals surface area contributed by atoms with Gasteiger partial charge in [-0.3, -0.25) is 9.59 Å². The molecule has 138 valence electrons. The van der Waals surface area contributed by atoms with Crippen molar-refractivity contribution in [3.05, 3.63) is 35.4 Å². The summed E-state index contributed by atoms with van der Waals surface area (Å²) < 4.78 is 38.1. The summed E-state index contributed by atoms with van der Waals surface area (Å²) in [7, 11) is 0. The van der Waals surface area contributed by atoms with Crippen LogP contribution < -0.4 is 5.32 Å². The molecular weight excluding hydrogens is 337 g/mol. The van der Waals surface area contributed by atoms with E-state index < -0.39 is 23.8 Å². The number of aliphatic hydroxyl groups is 1. The van der Waals surface area contributed by atoms with Gasteiger partial charge in [0.15, 0.2) is 0 Å². The van der Waals surface area contributed by atoms with Crippen LogP contribution in [0.1, 0.15) is 36.2 Å². The molecule has 2 N–H and O–H groups in total. The number of rotatable bonds is 4. The predicted molar refractivity (Wildman–Crippen MR) is 84.7 cm³/mol. The topological polar surface area (TPSA) is 69.6 Å². The van der Waals surface area contributed by atoms with Crippen molar-refractivity contribution < 1.29 is 27.9 Å². The Kier molecular flexibility index (Phi) is 5.72. The molecule has 1 aliphatic heterocycles. The maximum absolute atomic E-state index is 12.7. The fraction of sp³-hybridized carbons (Fsp3) is 0.529. The van der Waals surface area contributed by atoms with Gasteiger partial charge in [0, 0.05) is 18.2 Å². The number of aliphatic hydroxyl groups excluding tert-OH is 1. The summed E-state index contributed by atoms with van der Waals surface area (Å²) in [5.74, 6) is -0.962. The molecule has 0 radical (unpaired) electrons. The van der Waals surface area contributed by atoms with Gasteiger partial charge in [-0.25, -0.2) is 0 Å². The van der Waals surface area contributed by atoms with E-state index in [0.717, 1.165) is 18.2 Å². The second kappa shape index (κ2) is 7.43. The van der Waals surface area contributed by atoms with Gasteiger partial charge >= 0.3 is 6.18 Å². The van der Waals surface area contributed by atoms with Crippen molar-refractivity contribution in [1.29, 1.82) is 0 Å². The predicted octanol–water partition coefficient (Wildman–Crippen LogP) is 2.05.